The highest BCUT2D eigenvalue weighted by atomic mass is 19.4. The van der Waals surface area contributed by atoms with Gasteiger partial charge in [0.15, 0.2) is 11.5 Å². The Bertz CT molecular complexity index is 1110. The lowest BCUT2D eigenvalue weighted by Gasteiger charge is -2.26. The van der Waals surface area contributed by atoms with E-state index in [9.17, 15) is 18.0 Å². The highest BCUT2D eigenvalue weighted by Gasteiger charge is 2.32. The maximum absolute atomic E-state index is 12.9. The number of nitrogens with one attached hydrogen (secondary N) is 2. The number of likely N-dealkylation sites (N-methyl/N-ethyl adjacent to an activating group) is 1. The fraction of sp³-hybridized carbons (Fsp3) is 0.308. The molecule has 1 amide bonds. The Kier molecular flexibility index (Phi) is 8.70. The number of rotatable bonds is 10. The quantitative estimate of drug-likeness (QED) is 0.427. The third-order valence-corrected chi connectivity index (χ3v) is 5.66. The van der Waals surface area contributed by atoms with Crippen LogP contribution >= 0.6 is 0 Å². The van der Waals surface area contributed by atoms with Crippen molar-refractivity contribution in [3.63, 3.8) is 0 Å². The number of ether oxygens (including phenoxy) is 2. The molecule has 9 heteroatoms. The zero-order chi connectivity index (χ0) is 25.4. The molecular weight excluding hydrogens is 459 g/mol. The molecule has 0 radical (unpaired) electrons. The number of aromatic nitrogens is 1. The molecule has 0 bridgehead atoms. The molecule has 0 saturated carbocycles. The van der Waals surface area contributed by atoms with Gasteiger partial charge in [-0.1, -0.05) is 42.5 Å². The number of pyridine rings is 1. The van der Waals surface area contributed by atoms with Crippen molar-refractivity contribution in [1.29, 1.82) is 0 Å². The van der Waals surface area contributed by atoms with Crippen molar-refractivity contribution in [3.8, 4) is 11.5 Å². The summed E-state index contributed by atoms with van der Waals surface area (Å²) >= 11 is 0. The average molecular weight is 488 g/mol. The molecule has 1 aromatic heterocycles. The molecule has 3 aromatic rings. The van der Waals surface area contributed by atoms with E-state index in [4.69, 9.17) is 9.47 Å². The van der Waals surface area contributed by atoms with Crippen LogP contribution in [0.3, 0.4) is 0 Å². The van der Waals surface area contributed by atoms with Gasteiger partial charge in [-0.25, -0.2) is 0 Å². The number of amides is 1. The summed E-state index contributed by atoms with van der Waals surface area (Å²) in [5.74, 6) is 0.884. The minimum absolute atomic E-state index is 0.210. The Hall–Kier alpha value is -3.59. The lowest BCUT2D eigenvalue weighted by atomic mass is 9.96. The first-order valence-electron chi connectivity index (χ1n) is 11.0. The van der Waals surface area contributed by atoms with Gasteiger partial charge in [-0.2, -0.15) is 13.2 Å². The van der Waals surface area contributed by atoms with Gasteiger partial charge in [-0.05, 0) is 47.7 Å². The van der Waals surface area contributed by atoms with Crippen molar-refractivity contribution in [2.75, 3.05) is 21.3 Å². The van der Waals surface area contributed by atoms with Crippen LogP contribution in [0.1, 0.15) is 40.9 Å². The third-order valence-electron chi connectivity index (χ3n) is 5.66. The molecule has 6 nitrogen and oxygen atoms in total. The van der Waals surface area contributed by atoms with Gasteiger partial charge in [-0.15, -0.1) is 0 Å². The summed E-state index contributed by atoms with van der Waals surface area (Å²) in [7, 11) is 4.65. The summed E-state index contributed by atoms with van der Waals surface area (Å²) in [6, 6.07) is 16.2. The number of halogens is 3. The summed E-state index contributed by atoms with van der Waals surface area (Å²) in [5.41, 5.74) is 1.35. The molecule has 3 rings (SSSR count). The molecule has 0 aliphatic carbocycles. The van der Waals surface area contributed by atoms with Gasteiger partial charge in [0.1, 0.15) is 11.7 Å². The Labute approximate surface area is 202 Å². The van der Waals surface area contributed by atoms with Crippen LogP contribution in [-0.4, -0.2) is 32.2 Å². The molecule has 0 fully saturated rings. The molecule has 2 aromatic carbocycles. The van der Waals surface area contributed by atoms with E-state index in [2.05, 4.69) is 15.6 Å². The van der Waals surface area contributed by atoms with Crippen molar-refractivity contribution >= 4 is 5.91 Å². The molecule has 35 heavy (non-hydrogen) atoms. The fourth-order valence-electron chi connectivity index (χ4n) is 3.78. The first-order valence-corrected chi connectivity index (χ1v) is 11.0. The number of hydrogen-bond acceptors (Lipinski definition) is 5. The van der Waals surface area contributed by atoms with E-state index < -0.39 is 17.9 Å². The standard InChI is InChI=1S/C26H28F3N3O3/c1-30-25(33)24(18-7-5-4-6-8-18)32-20(19-11-13-21(34-2)22(15-19)35-3)12-9-17-10-14-23(31-16-17)26(27,28)29/h4-8,10-11,13-16,20,24,32H,9,12H2,1-3H3,(H,30,33)/t20-,24?/m1/s1. The molecule has 0 aliphatic rings. The number of nitrogens with zero attached hydrogens (tertiary/aromatic N) is 1. The SMILES string of the molecule is CNC(=O)C(N[C@H](CCc1ccc(C(F)(F)F)nc1)c1ccc(OC)c(OC)c1)c1ccccc1. The van der Waals surface area contributed by atoms with Gasteiger partial charge in [0.2, 0.25) is 5.91 Å². The second kappa shape index (κ2) is 11.7. The highest BCUT2D eigenvalue weighted by molar-refractivity contribution is 5.83. The lowest BCUT2D eigenvalue weighted by Crippen LogP contribution is -2.38. The number of hydrogen-bond donors (Lipinski definition) is 2. The Morgan fingerprint density at radius 2 is 1.69 bits per heavy atom. The minimum atomic E-state index is -4.49. The number of benzene rings is 2. The summed E-state index contributed by atoms with van der Waals surface area (Å²) in [6.45, 7) is 0. The van der Waals surface area contributed by atoms with Gasteiger partial charge in [0.05, 0.1) is 14.2 Å². The van der Waals surface area contributed by atoms with E-state index in [0.717, 1.165) is 17.2 Å². The van der Waals surface area contributed by atoms with Crippen molar-refractivity contribution < 1.29 is 27.4 Å². The summed E-state index contributed by atoms with van der Waals surface area (Å²) in [4.78, 5) is 16.3. The predicted octanol–water partition coefficient (Wildman–Crippen LogP) is 4.87. The Morgan fingerprint density at radius 3 is 2.26 bits per heavy atom. The Balaban J connectivity index is 1.91. The molecule has 0 aliphatic heterocycles. The van der Waals surface area contributed by atoms with E-state index in [1.54, 1.807) is 20.2 Å². The number of aryl methyl sites for hydroxylation is 1. The van der Waals surface area contributed by atoms with E-state index >= 15 is 0 Å². The van der Waals surface area contributed by atoms with Crippen molar-refractivity contribution in [2.45, 2.75) is 31.1 Å². The highest BCUT2D eigenvalue weighted by Crippen LogP contribution is 2.33. The van der Waals surface area contributed by atoms with Gasteiger partial charge in [0, 0.05) is 19.3 Å². The average Bonchev–Trinajstić information content (AvgIpc) is 2.88. The van der Waals surface area contributed by atoms with Gasteiger partial charge in [0.25, 0.3) is 0 Å². The zero-order valence-electron chi connectivity index (χ0n) is 19.7. The molecule has 186 valence electrons. The molecule has 2 N–H and O–H groups in total. The second-order valence-corrected chi connectivity index (χ2v) is 7.88. The number of alkyl halides is 3. The van der Waals surface area contributed by atoms with Crippen LogP contribution in [0.2, 0.25) is 0 Å². The van der Waals surface area contributed by atoms with Crippen molar-refractivity contribution in [2.24, 2.45) is 0 Å². The van der Waals surface area contributed by atoms with Crippen molar-refractivity contribution in [3.05, 3.63) is 89.2 Å². The molecule has 1 heterocycles. The van der Waals surface area contributed by atoms with Gasteiger partial charge < -0.3 is 14.8 Å². The van der Waals surface area contributed by atoms with Gasteiger partial charge >= 0.3 is 6.18 Å². The molecule has 0 spiro atoms. The van der Waals surface area contributed by atoms with E-state index in [-0.39, 0.29) is 11.9 Å². The van der Waals surface area contributed by atoms with Crippen LogP contribution < -0.4 is 20.1 Å². The molecular formula is C26H28F3N3O3. The molecule has 1 unspecified atom stereocenters. The van der Waals surface area contributed by atoms with Gasteiger partial charge in [-0.3, -0.25) is 15.1 Å². The minimum Gasteiger partial charge on any atom is -0.493 e. The maximum Gasteiger partial charge on any atom is 0.433 e. The van der Waals surface area contributed by atoms with Crippen LogP contribution in [0.25, 0.3) is 0 Å². The summed E-state index contributed by atoms with van der Waals surface area (Å²) in [5, 5.41) is 6.12. The Morgan fingerprint density at radius 1 is 0.971 bits per heavy atom. The first-order chi connectivity index (χ1) is 16.8. The van der Waals surface area contributed by atoms with Crippen LogP contribution in [0, 0.1) is 0 Å². The molecule has 0 saturated heterocycles. The van der Waals surface area contributed by atoms with Crippen LogP contribution in [0.4, 0.5) is 13.2 Å². The monoisotopic (exact) mass is 487 g/mol. The smallest absolute Gasteiger partial charge is 0.433 e. The second-order valence-electron chi connectivity index (χ2n) is 7.88. The number of carbonyl (C=O) groups excluding carboxylic acids is 1. The maximum atomic E-state index is 12.9. The molecule has 2 atom stereocenters. The topological polar surface area (TPSA) is 72.5 Å². The van der Waals surface area contributed by atoms with Crippen LogP contribution in [0.15, 0.2) is 66.9 Å². The van der Waals surface area contributed by atoms with Crippen LogP contribution in [-0.2, 0) is 17.4 Å². The van der Waals surface area contributed by atoms with Crippen molar-refractivity contribution in [1.82, 2.24) is 15.6 Å². The lowest BCUT2D eigenvalue weighted by molar-refractivity contribution is -0.141. The van der Waals surface area contributed by atoms with Crippen LogP contribution in [0.5, 0.6) is 11.5 Å². The first kappa shape index (κ1) is 26.0. The van der Waals surface area contributed by atoms with E-state index in [1.165, 1.54) is 19.4 Å². The zero-order valence-corrected chi connectivity index (χ0v) is 19.7. The van der Waals surface area contributed by atoms with E-state index in [1.807, 2.05) is 42.5 Å². The predicted molar refractivity (Wildman–Crippen MR) is 126 cm³/mol. The summed E-state index contributed by atoms with van der Waals surface area (Å²) < 4.78 is 49.4. The summed E-state index contributed by atoms with van der Waals surface area (Å²) in [6.07, 6.45) is -2.32. The fourth-order valence-corrected chi connectivity index (χ4v) is 3.78. The largest absolute Gasteiger partial charge is 0.493 e. The number of methoxy groups -OCH3 is 2. The number of carbonyl (C=O) groups is 1. The van der Waals surface area contributed by atoms with E-state index in [0.29, 0.717) is 29.9 Å². The third kappa shape index (κ3) is 6.73. The normalized spacial score (nSPS) is 13.1.